The number of benzene rings is 2. The summed E-state index contributed by atoms with van der Waals surface area (Å²) in [7, 11) is 1.51. The molecule has 1 N–H and O–H groups in total. The molecule has 0 unspecified atom stereocenters. The molecule has 1 aliphatic heterocycles. The molecule has 1 aliphatic rings. The van der Waals surface area contributed by atoms with Crippen LogP contribution in [-0.4, -0.2) is 48.0 Å². The van der Waals surface area contributed by atoms with Crippen molar-refractivity contribution in [3.8, 4) is 11.5 Å². The average molecular weight is 400 g/mol. The fourth-order valence-corrected chi connectivity index (χ4v) is 3.53. The lowest BCUT2D eigenvalue weighted by atomic mass is 10.2. The number of carbonyl (C=O) groups is 3. The molecule has 2 aromatic rings. The first-order valence-electron chi connectivity index (χ1n) is 8.73. The number of thioether (sulfide) groups is 1. The Morgan fingerprint density at radius 1 is 1.14 bits per heavy atom. The largest absolute Gasteiger partial charge is 0.496 e. The molecule has 0 bridgehead atoms. The first kappa shape index (κ1) is 19.8. The minimum absolute atomic E-state index is 0.00272. The fourth-order valence-electron chi connectivity index (χ4n) is 2.67. The predicted molar refractivity (Wildman–Crippen MR) is 107 cm³/mol. The molecule has 1 saturated heterocycles. The molecular formula is C20H20N2O5S. The van der Waals surface area contributed by atoms with E-state index in [9.17, 15) is 14.4 Å². The summed E-state index contributed by atoms with van der Waals surface area (Å²) in [5.41, 5.74) is 0.991. The number of esters is 1. The van der Waals surface area contributed by atoms with Crippen molar-refractivity contribution in [2.45, 2.75) is 6.42 Å². The Kier molecular flexibility index (Phi) is 6.54. The van der Waals surface area contributed by atoms with E-state index in [2.05, 4.69) is 5.32 Å². The summed E-state index contributed by atoms with van der Waals surface area (Å²) in [6, 6.07) is 13.4. The lowest BCUT2D eigenvalue weighted by Gasteiger charge is -2.13. The van der Waals surface area contributed by atoms with E-state index in [1.54, 1.807) is 53.4 Å². The van der Waals surface area contributed by atoms with Crippen molar-refractivity contribution in [2.24, 2.45) is 0 Å². The molecule has 0 saturated carbocycles. The Labute approximate surface area is 167 Å². The normalized spacial score (nSPS) is 13.3. The maximum absolute atomic E-state index is 12.4. The molecule has 146 valence electrons. The first-order valence-corrected chi connectivity index (χ1v) is 9.72. The molecule has 0 aromatic heterocycles. The van der Waals surface area contributed by atoms with E-state index in [-0.39, 0.29) is 17.6 Å². The molecular weight excluding hydrogens is 380 g/mol. The van der Waals surface area contributed by atoms with Gasteiger partial charge in [-0.15, -0.1) is 0 Å². The molecule has 2 aromatic carbocycles. The lowest BCUT2D eigenvalue weighted by molar-refractivity contribution is -0.134. The van der Waals surface area contributed by atoms with Gasteiger partial charge in [0, 0.05) is 24.5 Å². The van der Waals surface area contributed by atoms with Crippen LogP contribution in [0.5, 0.6) is 11.5 Å². The lowest BCUT2D eigenvalue weighted by Crippen LogP contribution is -2.27. The highest BCUT2D eigenvalue weighted by molar-refractivity contribution is 8.13. The van der Waals surface area contributed by atoms with Crippen molar-refractivity contribution in [1.29, 1.82) is 0 Å². The number of para-hydroxylation sites is 1. The van der Waals surface area contributed by atoms with E-state index in [0.29, 0.717) is 35.8 Å². The van der Waals surface area contributed by atoms with Gasteiger partial charge in [-0.3, -0.25) is 14.4 Å². The second-order valence-electron chi connectivity index (χ2n) is 6.00. The number of methoxy groups -OCH3 is 1. The summed E-state index contributed by atoms with van der Waals surface area (Å²) in [5, 5.41) is 2.78. The van der Waals surface area contributed by atoms with Gasteiger partial charge in [0.25, 0.3) is 11.1 Å². The zero-order valence-corrected chi connectivity index (χ0v) is 16.2. The van der Waals surface area contributed by atoms with Gasteiger partial charge < -0.3 is 19.7 Å². The summed E-state index contributed by atoms with van der Waals surface area (Å²) < 4.78 is 10.5. The molecule has 28 heavy (non-hydrogen) atoms. The molecule has 1 fully saturated rings. The van der Waals surface area contributed by atoms with Crippen molar-refractivity contribution in [1.82, 2.24) is 4.90 Å². The predicted octanol–water partition coefficient (Wildman–Crippen LogP) is 3.41. The van der Waals surface area contributed by atoms with Crippen LogP contribution in [0.3, 0.4) is 0 Å². The minimum Gasteiger partial charge on any atom is -0.496 e. The smallest absolute Gasteiger partial charge is 0.312 e. The van der Waals surface area contributed by atoms with Crippen LogP contribution in [0.4, 0.5) is 10.5 Å². The van der Waals surface area contributed by atoms with E-state index in [0.717, 1.165) is 5.75 Å². The number of amides is 2. The van der Waals surface area contributed by atoms with Crippen molar-refractivity contribution < 1.29 is 23.9 Å². The van der Waals surface area contributed by atoms with Gasteiger partial charge in [-0.1, -0.05) is 23.9 Å². The number of anilines is 1. The molecule has 7 nitrogen and oxygen atoms in total. The number of hydrogen-bond donors (Lipinski definition) is 1. The zero-order valence-electron chi connectivity index (χ0n) is 15.3. The quantitative estimate of drug-likeness (QED) is 0.566. The van der Waals surface area contributed by atoms with Gasteiger partial charge in [-0.25, -0.2) is 0 Å². The maximum Gasteiger partial charge on any atom is 0.312 e. The van der Waals surface area contributed by atoms with Gasteiger partial charge >= 0.3 is 5.97 Å². The van der Waals surface area contributed by atoms with E-state index in [4.69, 9.17) is 9.47 Å². The van der Waals surface area contributed by atoms with Crippen LogP contribution in [0, 0.1) is 0 Å². The number of nitrogens with one attached hydrogen (secondary N) is 1. The van der Waals surface area contributed by atoms with Crippen molar-refractivity contribution in [3.63, 3.8) is 0 Å². The van der Waals surface area contributed by atoms with Crippen LogP contribution in [0.2, 0.25) is 0 Å². The van der Waals surface area contributed by atoms with Gasteiger partial charge in [0.1, 0.15) is 11.5 Å². The number of nitrogens with zero attached hydrogens (tertiary/aromatic N) is 1. The van der Waals surface area contributed by atoms with Crippen LogP contribution in [0.15, 0.2) is 48.5 Å². The Morgan fingerprint density at radius 2 is 1.89 bits per heavy atom. The van der Waals surface area contributed by atoms with Crippen LogP contribution in [-0.2, 0) is 4.79 Å². The van der Waals surface area contributed by atoms with Crippen LogP contribution >= 0.6 is 11.8 Å². The van der Waals surface area contributed by atoms with Gasteiger partial charge in [-0.05, 0) is 36.4 Å². The summed E-state index contributed by atoms with van der Waals surface area (Å²) in [4.78, 5) is 37.5. The van der Waals surface area contributed by atoms with E-state index < -0.39 is 5.97 Å². The minimum atomic E-state index is -0.407. The van der Waals surface area contributed by atoms with E-state index >= 15 is 0 Å². The molecule has 0 spiro atoms. The monoisotopic (exact) mass is 400 g/mol. The van der Waals surface area contributed by atoms with Gasteiger partial charge in [0.15, 0.2) is 0 Å². The summed E-state index contributed by atoms with van der Waals surface area (Å²) in [6.45, 7) is 1.02. The Hall–Kier alpha value is -3.00. The van der Waals surface area contributed by atoms with Gasteiger partial charge in [-0.2, -0.15) is 0 Å². The molecule has 0 atom stereocenters. The highest BCUT2D eigenvalue weighted by Gasteiger charge is 2.21. The SMILES string of the molecule is COc1ccccc1C(=O)Nc1ccc(OC(=O)CCN2CCSC2=O)cc1. The number of rotatable bonds is 7. The number of carbonyl (C=O) groups excluding carboxylic acids is 3. The van der Waals surface area contributed by atoms with Crippen molar-refractivity contribution >= 4 is 34.6 Å². The Morgan fingerprint density at radius 3 is 2.57 bits per heavy atom. The van der Waals surface area contributed by atoms with E-state index in [1.807, 2.05) is 0 Å². The average Bonchev–Trinajstić information content (AvgIpc) is 3.12. The zero-order chi connectivity index (χ0) is 19.9. The first-order chi connectivity index (χ1) is 13.6. The third kappa shape index (κ3) is 5.04. The van der Waals surface area contributed by atoms with Crippen LogP contribution in [0.1, 0.15) is 16.8 Å². The molecule has 2 amide bonds. The second kappa shape index (κ2) is 9.27. The number of ether oxygens (including phenoxy) is 2. The fraction of sp³-hybridized carbons (Fsp3) is 0.250. The molecule has 0 aliphatic carbocycles. The van der Waals surface area contributed by atoms with Gasteiger partial charge in [0.05, 0.1) is 19.1 Å². The van der Waals surface area contributed by atoms with Crippen molar-refractivity contribution in [3.05, 3.63) is 54.1 Å². The van der Waals surface area contributed by atoms with Crippen LogP contribution in [0.25, 0.3) is 0 Å². The Bertz CT molecular complexity index is 869. The van der Waals surface area contributed by atoms with Crippen LogP contribution < -0.4 is 14.8 Å². The molecule has 1 heterocycles. The maximum atomic E-state index is 12.4. The van der Waals surface area contributed by atoms with Gasteiger partial charge in [0.2, 0.25) is 0 Å². The standard InChI is InChI=1S/C20H20N2O5S/c1-26-17-5-3-2-4-16(17)19(24)21-14-6-8-15(9-7-14)27-18(23)10-11-22-12-13-28-20(22)25/h2-9H,10-13H2,1H3,(H,21,24). The second-order valence-corrected chi connectivity index (χ2v) is 7.05. The third-order valence-corrected chi connectivity index (χ3v) is 5.02. The molecule has 3 rings (SSSR count). The third-order valence-electron chi connectivity index (χ3n) is 4.13. The van der Waals surface area contributed by atoms with Crippen molar-refractivity contribution in [2.75, 3.05) is 31.3 Å². The highest BCUT2D eigenvalue weighted by atomic mass is 32.2. The number of hydrogen-bond acceptors (Lipinski definition) is 6. The highest BCUT2D eigenvalue weighted by Crippen LogP contribution is 2.21. The topological polar surface area (TPSA) is 84.9 Å². The molecule has 0 radical (unpaired) electrons. The summed E-state index contributed by atoms with van der Waals surface area (Å²) >= 11 is 1.26. The molecule has 8 heteroatoms. The summed E-state index contributed by atoms with van der Waals surface area (Å²) in [6.07, 6.45) is 0.137. The Balaban J connectivity index is 1.52. The van der Waals surface area contributed by atoms with E-state index in [1.165, 1.54) is 18.9 Å². The summed E-state index contributed by atoms with van der Waals surface area (Å²) in [5.74, 6) is 0.921.